The SMILES string of the molecule is COc1ccccc1NC(=O)CN1C(=O)N/C(=C\c2ccc(-c3cccc(C(=O)O)c3)o2)C1=O. The van der Waals surface area contributed by atoms with Crippen molar-refractivity contribution < 1.29 is 33.4 Å². The first-order chi connectivity index (χ1) is 16.4. The minimum Gasteiger partial charge on any atom is -0.495 e. The molecule has 10 heteroatoms. The summed E-state index contributed by atoms with van der Waals surface area (Å²) in [6, 6.07) is 15.4. The van der Waals surface area contributed by atoms with Crippen LogP contribution in [0.5, 0.6) is 5.75 Å². The number of hydrogen-bond acceptors (Lipinski definition) is 6. The van der Waals surface area contributed by atoms with Crippen molar-refractivity contribution in [2.75, 3.05) is 19.0 Å². The highest BCUT2D eigenvalue weighted by Crippen LogP contribution is 2.26. The molecule has 34 heavy (non-hydrogen) atoms. The Balaban J connectivity index is 1.46. The Bertz CT molecular complexity index is 1330. The van der Waals surface area contributed by atoms with E-state index in [1.54, 1.807) is 48.5 Å². The van der Waals surface area contributed by atoms with Crippen molar-refractivity contribution in [1.82, 2.24) is 10.2 Å². The number of imide groups is 1. The molecule has 172 valence electrons. The van der Waals surface area contributed by atoms with Gasteiger partial charge in [-0.2, -0.15) is 0 Å². The molecule has 0 atom stereocenters. The predicted octanol–water partition coefficient (Wildman–Crippen LogP) is 3.18. The van der Waals surface area contributed by atoms with Crippen molar-refractivity contribution in [2.45, 2.75) is 0 Å². The monoisotopic (exact) mass is 461 g/mol. The van der Waals surface area contributed by atoms with Gasteiger partial charge in [-0.05, 0) is 36.4 Å². The maximum Gasteiger partial charge on any atom is 0.335 e. The summed E-state index contributed by atoms with van der Waals surface area (Å²) in [4.78, 5) is 49.3. The summed E-state index contributed by atoms with van der Waals surface area (Å²) < 4.78 is 10.9. The Kier molecular flexibility index (Phi) is 6.13. The van der Waals surface area contributed by atoms with Gasteiger partial charge in [-0.1, -0.05) is 24.3 Å². The molecular weight excluding hydrogens is 442 g/mol. The molecule has 1 aromatic heterocycles. The van der Waals surface area contributed by atoms with Gasteiger partial charge in [0.15, 0.2) is 0 Å². The molecule has 0 bridgehead atoms. The number of methoxy groups -OCH3 is 1. The lowest BCUT2D eigenvalue weighted by atomic mass is 10.1. The highest BCUT2D eigenvalue weighted by Gasteiger charge is 2.35. The van der Waals surface area contributed by atoms with E-state index in [2.05, 4.69) is 10.6 Å². The number of furan rings is 1. The molecule has 4 amide bonds. The lowest BCUT2D eigenvalue weighted by Gasteiger charge is -2.13. The van der Waals surface area contributed by atoms with E-state index in [1.807, 2.05) is 0 Å². The first-order valence-corrected chi connectivity index (χ1v) is 10.1. The zero-order chi connectivity index (χ0) is 24.2. The van der Waals surface area contributed by atoms with Crippen LogP contribution in [0, 0.1) is 0 Å². The van der Waals surface area contributed by atoms with Crippen molar-refractivity contribution in [2.24, 2.45) is 0 Å². The van der Waals surface area contributed by atoms with Gasteiger partial charge in [-0.25, -0.2) is 14.5 Å². The summed E-state index contributed by atoms with van der Waals surface area (Å²) in [6.07, 6.45) is 1.34. The number of rotatable bonds is 7. The highest BCUT2D eigenvalue weighted by atomic mass is 16.5. The van der Waals surface area contributed by atoms with Crippen LogP contribution in [-0.2, 0) is 9.59 Å². The number of carbonyl (C=O) groups excluding carboxylic acids is 3. The third kappa shape index (κ3) is 4.65. The van der Waals surface area contributed by atoms with Crippen LogP contribution in [0.15, 0.2) is 70.8 Å². The maximum absolute atomic E-state index is 12.7. The maximum atomic E-state index is 12.7. The molecule has 0 spiro atoms. The standard InChI is InChI=1S/C24H19N3O7/c1-33-20-8-3-2-7-17(20)25-21(28)13-27-22(29)18(26-24(27)32)12-16-9-10-19(34-16)14-5-4-6-15(11-14)23(30)31/h2-12H,13H2,1H3,(H,25,28)(H,26,32)(H,30,31)/b18-12-. The Morgan fingerprint density at radius 2 is 1.91 bits per heavy atom. The minimum atomic E-state index is -1.06. The van der Waals surface area contributed by atoms with Gasteiger partial charge in [0.2, 0.25) is 5.91 Å². The molecule has 1 fully saturated rings. The number of benzene rings is 2. The molecule has 0 aliphatic carbocycles. The number of para-hydroxylation sites is 2. The van der Waals surface area contributed by atoms with E-state index in [9.17, 15) is 19.2 Å². The first kappa shape index (κ1) is 22.3. The van der Waals surface area contributed by atoms with Gasteiger partial charge < -0.3 is 24.9 Å². The van der Waals surface area contributed by atoms with Crippen LogP contribution in [-0.4, -0.2) is 47.5 Å². The second-order valence-corrected chi connectivity index (χ2v) is 7.22. The van der Waals surface area contributed by atoms with Gasteiger partial charge in [0.05, 0.1) is 18.4 Å². The summed E-state index contributed by atoms with van der Waals surface area (Å²) >= 11 is 0. The molecule has 0 unspecified atom stereocenters. The number of aromatic carboxylic acids is 1. The molecule has 1 saturated heterocycles. The van der Waals surface area contributed by atoms with Gasteiger partial charge in [0, 0.05) is 11.6 Å². The number of ether oxygens (including phenoxy) is 1. The third-order valence-corrected chi connectivity index (χ3v) is 4.95. The number of carbonyl (C=O) groups is 4. The molecule has 0 radical (unpaired) electrons. The van der Waals surface area contributed by atoms with Crippen molar-refractivity contribution >= 4 is 35.6 Å². The second kappa shape index (κ2) is 9.33. The van der Waals surface area contributed by atoms with E-state index >= 15 is 0 Å². The molecule has 2 heterocycles. The zero-order valence-electron chi connectivity index (χ0n) is 17.9. The van der Waals surface area contributed by atoms with Gasteiger partial charge in [-0.3, -0.25) is 9.59 Å². The number of urea groups is 1. The van der Waals surface area contributed by atoms with Crippen LogP contribution in [0.1, 0.15) is 16.1 Å². The summed E-state index contributed by atoms with van der Waals surface area (Å²) in [6.45, 7) is -0.495. The molecule has 10 nitrogen and oxygen atoms in total. The number of hydrogen-bond donors (Lipinski definition) is 3. The molecule has 1 aliphatic rings. The Morgan fingerprint density at radius 3 is 2.68 bits per heavy atom. The van der Waals surface area contributed by atoms with Crippen LogP contribution in [0.3, 0.4) is 0 Å². The zero-order valence-corrected chi connectivity index (χ0v) is 17.9. The van der Waals surface area contributed by atoms with Gasteiger partial charge in [0.25, 0.3) is 5.91 Å². The minimum absolute atomic E-state index is 0.0599. The topological polar surface area (TPSA) is 138 Å². The number of amides is 4. The third-order valence-electron chi connectivity index (χ3n) is 4.95. The van der Waals surface area contributed by atoms with Crippen molar-refractivity contribution in [1.29, 1.82) is 0 Å². The van der Waals surface area contributed by atoms with E-state index in [0.29, 0.717) is 22.8 Å². The highest BCUT2D eigenvalue weighted by molar-refractivity contribution is 6.15. The largest absolute Gasteiger partial charge is 0.495 e. The average molecular weight is 461 g/mol. The van der Waals surface area contributed by atoms with Gasteiger partial charge >= 0.3 is 12.0 Å². The quantitative estimate of drug-likeness (QED) is 0.363. The van der Waals surface area contributed by atoms with Crippen molar-refractivity contribution in [3.8, 4) is 17.1 Å². The van der Waals surface area contributed by atoms with E-state index in [0.717, 1.165) is 4.90 Å². The van der Waals surface area contributed by atoms with E-state index < -0.39 is 30.4 Å². The Hall–Kier alpha value is -4.86. The summed E-state index contributed by atoms with van der Waals surface area (Å²) in [5.41, 5.74) is 0.998. The van der Waals surface area contributed by atoms with Crippen LogP contribution >= 0.6 is 0 Å². The van der Waals surface area contributed by atoms with Crippen molar-refractivity contribution in [3.63, 3.8) is 0 Å². The average Bonchev–Trinajstić information content (AvgIpc) is 3.40. The van der Waals surface area contributed by atoms with Crippen LogP contribution in [0.4, 0.5) is 10.5 Å². The fraction of sp³-hybridized carbons (Fsp3) is 0.0833. The number of nitrogens with one attached hydrogen (secondary N) is 2. The van der Waals surface area contributed by atoms with E-state index in [-0.39, 0.29) is 17.0 Å². The van der Waals surface area contributed by atoms with Crippen LogP contribution in [0.25, 0.3) is 17.4 Å². The van der Waals surface area contributed by atoms with Crippen molar-refractivity contribution in [3.05, 3.63) is 77.7 Å². The fourth-order valence-corrected chi connectivity index (χ4v) is 3.33. The Morgan fingerprint density at radius 1 is 1.12 bits per heavy atom. The molecule has 3 N–H and O–H groups in total. The lowest BCUT2D eigenvalue weighted by Crippen LogP contribution is -2.38. The van der Waals surface area contributed by atoms with Gasteiger partial charge in [-0.15, -0.1) is 0 Å². The smallest absolute Gasteiger partial charge is 0.335 e. The van der Waals surface area contributed by atoms with E-state index in [1.165, 1.54) is 25.3 Å². The number of carboxylic acids is 1. The van der Waals surface area contributed by atoms with Gasteiger partial charge in [0.1, 0.15) is 29.5 Å². The predicted molar refractivity (Wildman–Crippen MR) is 121 cm³/mol. The Labute approximate surface area is 193 Å². The molecule has 0 saturated carbocycles. The molecule has 4 rings (SSSR count). The molecular formula is C24H19N3O7. The number of anilines is 1. The van der Waals surface area contributed by atoms with Crippen LogP contribution in [0.2, 0.25) is 0 Å². The molecule has 1 aliphatic heterocycles. The fourth-order valence-electron chi connectivity index (χ4n) is 3.33. The van der Waals surface area contributed by atoms with E-state index in [4.69, 9.17) is 14.3 Å². The van der Waals surface area contributed by atoms with Crippen LogP contribution < -0.4 is 15.4 Å². The molecule has 3 aromatic rings. The number of carboxylic acid groups (broad SMARTS) is 1. The summed E-state index contributed by atoms with van der Waals surface area (Å²) in [5.74, 6) is -1.24. The molecule has 2 aromatic carbocycles. The first-order valence-electron chi connectivity index (χ1n) is 10.1. The lowest BCUT2D eigenvalue weighted by molar-refractivity contribution is -0.127. The second-order valence-electron chi connectivity index (χ2n) is 7.22. The summed E-state index contributed by atoms with van der Waals surface area (Å²) in [5, 5.41) is 14.2. The number of nitrogens with zero attached hydrogens (tertiary/aromatic N) is 1. The normalized spacial score (nSPS) is 14.3. The summed E-state index contributed by atoms with van der Waals surface area (Å²) in [7, 11) is 1.46.